The fraction of sp³-hybridized carbons (Fsp3) is 0. The standard InChI is InChI=1S/C18H13NO4/c20-17(21)10-9-12-5-7-13(8-6-12)11-16-18(22)19-14-3-1-2-4-15(14)23-16/h1-11H,(H,19,22)(H,20,21)/b10-9+,16-11-. The number of carbonyl (C=O) groups is 2. The van der Waals surface area contributed by atoms with Gasteiger partial charge >= 0.3 is 5.97 Å². The summed E-state index contributed by atoms with van der Waals surface area (Å²) in [6, 6.07) is 14.3. The number of aliphatic carboxylic acids is 1. The van der Waals surface area contributed by atoms with E-state index in [-0.39, 0.29) is 11.7 Å². The Kier molecular flexibility index (Phi) is 3.93. The Hall–Kier alpha value is -3.34. The van der Waals surface area contributed by atoms with Gasteiger partial charge in [-0.1, -0.05) is 36.4 Å². The van der Waals surface area contributed by atoms with E-state index in [4.69, 9.17) is 9.84 Å². The number of rotatable bonds is 3. The van der Waals surface area contributed by atoms with Gasteiger partial charge in [0.25, 0.3) is 5.91 Å². The van der Waals surface area contributed by atoms with E-state index in [1.165, 1.54) is 6.08 Å². The molecule has 0 unspecified atom stereocenters. The molecule has 3 rings (SSSR count). The molecule has 5 heteroatoms. The lowest BCUT2D eigenvalue weighted by molar-refractivity contribution is -0.131. The van der Waals surface area contributed by atoms with Crippen LogP contribution in [0.25, 0.3) is 12.2 Å². The molecule has 0 saturated heterocycles. The van der Waals surface area contributed by atoms with Crippen molar-refractivity contribution in [1.82, 2.24) is 0 Å². The van der Waals surface area contributed by atoms with Gasteiger partial charge < -0.3 is 15.2 Å². The van der Waals surface area contributed by atoms with Gasteiger partial charge in [0.1, 0.15) is 0 Å². The maximum Gasteiger partial charge on any atom is 0.328 e. The van der Waals surface area contributed by atoms with Crippen LogP contribution < -0.4 is 10.1 Å². The van der Waals surface area contributed by atoms with Crippen LogP contribution in [0.1, 0.15) is 11.1 Å². The quantitative estimate of drug-likeness (QED) is 0.854. The van der Waals surface area contributed by atoms with E-state index in [0.29, 0.717) is 11.4 Å². The first-order valence-electron chi connectivity index (χ1n) is 6.93. The van der Waals surface area contributed by atoms with E-state index in [9.17, 15) is 9.59 Å². The molecule has 0 bridgehead atoms. The van der Waals surface area contributed by atoms with Crippen molar-refractivity contribution in [3.8, 4) is 5.75 Å². The van der Waals surface area contributed by atoms with Crippen molar-refractivity contribution in [2.75, 3.05) is 5.32 Å². The minimum Gasteiger partial charge on any atom is -0.478 e. The normalized spacial score (nSPS) is 15.1. The van der Waals surface area contributed by atoms with Gasteiger partial charge in [-0.3, -0.25) is 4.79 Å². The summed E-state index contributed by atoms with van der Waals surface area (Å²) < 4.78 is 5.61. The number of carboxylic acids is 1. The number of hydrogen-bond acceptors (Lipinski definition) is 3. The fourth-order valence-electron chi connectivity index (χ4n) is 2.12. The highest BCUT2D eigenvalue weighted by Gasteiger charge is 2.21. The molecule has 2 aromatic rings. The third kappa shape index (κ3) is 3.47. The van der Waals surface area contributed by atoms with Gasteiger partial charge in [-0.25, -0.2) is 4.79 Å². The predicted octanol–water partition coefficient (Wildman–Crippen LogP) is 3.16. The second kappa shape index (κ2) is 6.19. The van der Waals surface area contributed by atoms with Crippen molar-refractivity contribution in [1.29, 1.82) is 0 Å². The molecule has 2 N–H and O–H groups in total. The molecule has 23 heavy (non-hydrogen) atoms. The largest absolute Gasteiger partial charge is 0.478 e. The summed E-state index contributed by atoms with van der Waals surface area (Å²) in [5.41, 5.74) is 2.18. The number of ether oxygens (including phenoxy) is 1. The molecular weight excluding hydrogens is 294 g/mol. The Morgan fingerprint density at radius 3 is 2.48 bits per heavy atom. The van der Waals surface area contributed by atoms with Gasteiger partial charge in [-0.15, -0.1) is 0 Å². The first-order valence-corrected chi connectivity index (χ1v) is 6.93. The van der Waals surface area contributed by atoms with Crippen LogP contribution in [0.15, 0.2) is 60.4 Å². The van der Waals surface area contributed by atoms with Gasteiger partial charge in [0.15, 0.2) is 11.5 Å². The number of carboxylic acid groups (broad SMARTS) is 1. The van der Waals surface area contributed by atoms with Crippen LogP contribution in [0.4, 0.5) is 5.69 Å². The Balaban J connectivity index is 1.82. The number of anilines is 1. The minimum absolute atomic E-state index is 0.206. The first-order chi connectivity index (χ1) is 11.1. The molecule has 0 atom stereocenters. The number of carbonyl (C=O) groups excluding carboxylic acids is 1. The smallest absolute Gasteiger partial charge is 0.328 e. The average Bonchev–Trinajstić information content (AvgIpc) is 2.55. The summed E-state index contributed by atoms with van der Waals surface area (Å²) in [5.74, 6) is -0.502. The highest BCUT2D eigenvalue weighted by molar-refractivity contribution is 6.08. The molecule has 0 aromatic heterocycles. The zero-order valence-corrected chi connectivity index (χ0v) is 12.0. The molecule has 1 aliphatic rings. The zero-order chi connectivity index (χ0) is 16.2. The van der Waals surface area contributed by atoms with Gasteiger partial charge in [-0.2, -0.15) is 0 Å². The van der Waals surface area contributed by atoms with E-state index in [2.05, 4.69) is 5.32 Å². The van der Waals surface area contributed by atoms with E-state index >= 15 is 0 Å². The maximum absolute atomic E-state index is 12.0. The molecule has 0 saturated carbocycles. The molecule has 0 radical (unpaired) electrons. The van der Waals surface area contributed by atoms with Gasteiger partial charge in [0.2, 0.25) is 0 Å². The second-order valence-electron chi connectivity index (χ2n) is 4.90. The van der Waals surface area contributed by atoms with Crippen LogP contribution in [-0.4, -0.2) is 17.0 Å². The third-order valence-corrected chi connectivity index (χ3v) is 3.23. The molecule has 5 nitrogen and oxygen atoms in total. The lowest BCUT2D eigenvalue weighted by atomic mass is 10.1. The van der Waals surface area contributed by atoms with Crippen molar-refractivity contribution < 1.29 is 19.4 Å². The lowest BCUT2D eigenvalue weighted by Gasteiger charge is -2.19. The minimum atomic E-state index is -0.998. The third-order valence-electron chi connectivity index (χ3n) is 3.23. The molecule has 114 valence electrons. The molecule has 2 aromatic carbocycles. The van der Waals surface area contributed by atoms with Crippen molar-refractivity contribution in [3.63, 3.8) is 0 Å². The molecule has 1 aliphatic heterocycles. The summed E-state index contributed by atoms with van der Waals surface area (Å²) in [6.07, 6.45) is 4.21. The van der Waals surface area contributed by atoms with Crippen LogP contribution in [0.2, 0.25) is 0 Å². The maximum atomic E-state index is 12.0. The van der Waals surface area contributed by atoms with Gasteiger partial charge in [0, 0.05) is 6.08 Å². The second-order valence-corrected chi connectivity index (χ2v) is 4.90. The Morgan fingerprint density at radius 2 is 1.74 bits per heavy atom. The van der Waals surface area contributed by atoms with E-state index in [1.807, 2.05) is 12.1 Å². The molecule has 0 spiro atoms. The Labute approximate surface area is 132 Å². The van der Waals surface area contributed by atoms with E-state index in [0.717, 1.165) is 17.2 Å². The fourth-order valence-corrected chi connectivity index (χ4v) is 2.12. The lowest BCUT2D eigenvalue weighted by Crippen LogP contribution is -2.23. The number of amides is 1. The van der Waals surface area contributed by atoms with Crippen LogP contribution in [0.5, 0.6) is 5.75 Å². The first kappa shape index (κ1) is 14.6. The molecule has 0 aliphatic carbocycles. The van der Waals surface area contributed by atoms with Crippen molar-refractivity contribution in [3.05, 3.63) is 71.5 Å². The summed E-state index contributed by atoms with van der Waals surface area (Å²) in [5, 5.41) is 11.4. The Morgan fingerprint density at radius 1 is 1.04 bits per heavy atom. The van der Waals surface area contributed by atoms with Crippen LogP contribution in [-0.2, 0) is 9.59 Å². The molecule has 1 heterocycles. The van der Waals surface area contributed by atoms with Crippen molar-refractivity contribution in [2.45, 2.75) is 0 Å². The highest BCUT2D eigenvalue weighted by Crippen LogP contribution is 2.30. The van der Waals surface area contributed by atoms with Crippen molar-refractivity contribution in [2.24, 2.45) is 0 Å². The average molecular weight is 307 g/mol. The van der Waals surface area contributed by atoms with Gasteiger partial charge in [-0.05, 0) is 35.4 Å². The number of para-hydroxylation sites is 2. The SMILES string of the molecule is O=C(O)/C=C/c1ccc(/C=C2\Oc3ccccc3NC2=O)cc1. The summed E-state index contributed by atoms with van der Waals surface area (Å²) in [6.45, 7) is 0. The number of benzene rings is 2. The summed E-state index contributed by atoms with van der Waals surface area (Å²) >= 11 is 0. The number of hydrogen-bond donors (Lipinski definition) is 2. The van der Waals surface area contributed by atoms with Gasteiger partial charge in [0.05, 0.1) is 5.69 Å². The van der Waals surface area contributed by atoms with Crippen molar-refractivity contribution >= 4 is 29.7 Å². The number of fused-ring (bicyclic) bond motifs is 1. The highest BCUT2D eigenvalue weighted by atomic mass is 16.5. The zero-order valence-electron chi connectivity index (χ0n) is 12.0. The summed E-state index contributed by atoms with van der Waals surface area (Å²) in [4.78, 5) is 22.5. The Bertz CT molecular complexity index is 819. The topological polar surface area (TPSA) is 75.6 Å². The molecule has 1 amide bonds. The van der Waals surface area contributed by atoms with Crippen LogP contribution >= 0.6 is 0 Å². The predicted molar refractivity (Wildman–Crippen MR) is 86.8 cm³/mol. The van der Waals surface area contributed by atoms with E-state index in [1.54, 1.807) is 42.5 Å². The van der Waals surface area contributed by atoms with Crippen LogP contribution in [0.3, 0.4) is 0 Å². The molecular formula is C18H13NO4. The number of nitrogens with one attached hydrogen (secondary N) is 1. The van der Waals surface area contributed by atoms with E-state index < -0.39 is 5.97 Å². The summed E-state index contributed by atoms with van der Waals surface area (Å²) in [7, 11) is 0. The molecule has 0 fully saturated rings. The van der Waals surface area contributed by atoms with Crippen LogP contribution in [0, 0.1) is 0 Å². The monoisotopic (exact) mass is 307 g/mol.